The molecule has 3 N–H and O–H groups in total. The number of pyridine rings is 1. The lowest BCUT2D eigenvalue weighted by Crippen LogP contribution is -2.48. The zero-order chi connectivity index (χ0) is 33.3. The van der Waals surface area contributed by atoms with E-state index >= 15 is 0 Å². The molecule has 4 rings (SSSR count). The van der Waals surface area contributed by atoms with Crippen molar-refractivity contribution in [1.82, 2.24) is 30.1 Å². The Morgan fingerprint density at radius 1 is 1.00 bits per heavy atom. The van der Waals surface area contributed by atoms with Crippen molar-refractivity contribution in [1.29, 1.82) is 0 Å². The molecule has 14 nitrogen and oxygen atoms in total. The summed E-state index contributed by atoms with van der Waals surface area (Å²) >= 11 is 0. The van der Waals surface area contributed by atoms with Crippen molar-refractivity contribution in [3.8, 4) is 22.5 Å². The molecule has 2 aromatic heterocycles. The third-order valence-corrected chi connectivity index (χ3v) is 6.50. The van der Waals surface area contributed by atoms with Crippen LogP contribution in [0.25, 0.3) is 22.5 Å². The van der Waals surface area contributed by atoms with E-state index in [1.807, 2.05) is 44.3 Å². The lowest BCUT2D eigenvalue weighted by atomic mass is 10.0. The minimum absolute atomic E-state index is 0.104. The van der Waals surface area contributed by atoms with Crippen molar-refractivity contribution in [3.63, 3.8) is 0 Å². The van der Waals surface area contributed by atoms with E-state index < -0.39 is 6.09 Å². The highest BCUT2D eigenvalue weighted by Crippen LogP contribution is 2.32. The van der Waals surface area contributed by atoms with Crippen LogP contribution in [0, 0.1) is 5.92 Å². The fourth-order valence-corrected chi connectivity index (χ4v) is 4.26. The van der Waals surface area contributed by atoms with E-state index in [0.717, 1.165) is 29.9 Å². The highest BCUT2D eigenvalue weighted by molar-refractivity contribution is 5.95. The van der Waals surface area contributed by atoms with Gasteiger partial charge in [-0.05, 0) is 49.6 Å². The van der Waals surface area contributed by atoms with E-state index in [-0.39, 0.29) is 18.7 Å². The van der Waals surface area contributed by atoms with Crippen LogP contribution < -0.4 is 11.1 Å². The van der Waals surface area contributed by atoms with Crippen LogP contribution in [-0.4, -0.2) is 95.4 Å². The second-order valence-corrected chi connectivity index (χ2v) is 10.5. The monoisotopic (exact) mass is 634 g/mol. The van der Waals surface area contributed by atoms with E-state index in [1.165, 1.54) is 0 Å². The lowest BCUT2D eigenvalue weighted by molar-refractivity contribution is -0.128. The van der Waals surface area contributed by atoms with Gasteiger partial charge in [0.2, 0.25) is 5.96 Å². The van der Waals surface area contributed by atoms with Crippen molar-refractivity contribution in [2.24, 2.45) is 16.6 Å². The molecule has 3 aromatic rings. The van der Waals surface area contributed by atoms with E-state index in [1.54, 1.807) is 43.3 Å². The molecule has 0 saturated carbocycles. The molecular weight excluding hydrogens is 592 g/mol. The predicted octanol–water partition coefficient (Wildman–Crippen LogP) is 3.99. The normalized spacial score (nSPS) is 13.3. The van der Waals surface area contributed by atoms with Crippen molar-refractivity contribution in [2.45, 2.75) is 34.2 Å². The molecule has 14 heteroatoms. The number of aliphatic imine (C=N–C) groups is 1. The molecule has 246 valence electrons. The second-order valence-electron chi connectivity index (χ2n) is 10.5. The van der Waals surface area contributed by atoms with Gasteiger partial charge in [0.1, 0.15) is 0 Å². The summed E-state index contributed by atoms with van der Waals surface area (Å²) in [5.74, 6) is 0.680. The Balaban J connectivity index is 0.00000107. The summed E-state index contributed by atoms with van der Waals surface area (Å²) in [7, 11) is 0. The summed E-state index contributed by atoms with van der Waals surface area (Å²) in [5, 5.41) is 2.40. The number of nitrogens with one attached hydrogen (secondary N) is 1. The largest absolute Gasteiger partial charge is 0.468 e. The van der Waals surface area contributed by atoms with E-state index in [4.69, 9.17) is 15.2 Å². The van der Waals surface area contributed by atoms with Gasteiger partial charge in [-0.2, -0.15) is 0 Å². The number of carbonyl (C=O) groups excluding carboxylic acids is 3. The first-order valence-electron chi connectivity index (χ1n) is 15.1. The van der Waals surface area contributed by atoms with Crippen molar-refractivity contribution in [3.05, 3.63) is 60.7 Å². The number of alkyl carbamates (subject to hydrolysis) is 1. The molecule has 0 radical (unpaired) electrons. The topological polar surface area (TPSA) is 174 Å². The van der Waals surface area contributed by atoms with Gasteiger partial charge >= 0.3 is 12.2 Å². The van der Waals surface area contributed by atoms with Gasteiger partial charge in [-0.15, -0.1) is 0 Å². The predicted molar refractivity (Wildman–Crippen MR) is 173 cm³/mol. The molecule has 2 amide bonds. The van der Waals surface area contributed by atoms with Crippen molar-refractivity contribution < 1.29 is 28.6 Å². The number of hydrogen-bond donors (Lipinski definition) is 2. The first-order chi connectivity index (χ1) is 22.2. The molecule has 3 heterocycles. The third-order valence-electron chi connectivity index (χ3n) is 6.50. The summed E-state index contributed by atoms with van der Waals surface area (Å²) in [6, 6.07) is 11.4. The van der Waals surface area contributed by atoms with Gasteiger partial charge in [0.15, 0.2) is 5.82 Å². The molecule has 0 spiro atoms. The fourth-order valence-electron chi connectivity index (χ4n) is 4.26. The average Bonchev–Trinajstić information content (AvgIpc) is 3.05. The summed E-state index contributed by atoms with van der Waals surface area (Å²) in [6.07, 6.45) is 4.20. The summed E-state index contributed by atoms with van der Waals surface area (Å²) in [6.45, 7) is 12.5. The summed E-state index contributed by atoms with van der Waals surface area (Å²) in [5.41, 5.74) is 9.82. The van der Waals surface area contributed by atoms with Crippen molar-refractivity contribution >= 4 is 30.3 Å². The smallest absolute Gasteiger partial charge is 0.413 e. The Hall–Kier alpha value is -5.11. The first kappa shape index (κ1) is 35.4. The molecule has 0 aliphatic carbocycles. The zero-order valence-electron chi connectivity index (χ0n) is 26.7. The Kier molecular flexibility index (Phi) is 14.3. The minimum atomic E-state index is -0.680. The van der Waals surface area contributed by atoms with Gasteiger partial charge in [0, 0.05) is 62.4 Å². The molecule has 46 heavy (non-hydrogen) atoms. The average molecular weight is 635 g/mol. The molecule has 0 atom stereocenters. The number of guanidine groups is 1. The highest BCUT2D eigenvalue weighted by atomic mass is 16.6. The molecule has 1 fully saturated rings. The Labute approximate surface area is 269 Å². The number of nitrogens with two attached hydrogens (primary N) is 1. The number of ether oxygens (including phenoxy) is 3. The molecule has 0 bridgehead atoms. The van der Waals surface area contributed by atoms with Crippen LogP contribution in [0.5, 0.6) is 0 Å². The molecule has 1 aromatic carbocycles. The van der Waals surface area contributed by atoms with Gasteiger partial charge in [-0.25, -0.2) is 24.5 Å². The van der Waals surface area contributed by atoms with E-state index in [2.05, 4.69) is 34.9 Å². The molecule has 1 saturated heterocycles. The Morgan fingerprint density at radius 3 is 2.30 bits per heavy atom. The Morgan fingerprint density at radius 2 is 1.72 bits per heavy atom. The summed E-state index contributed by atoms with van der Waals surface area (Å²) < 4.78 is 14.4. The summed E-state index contributed by atoms with van der Waals surface area (Å²) in [4.78, 5) is 55.0. The number of aromatic nitrogens is 3. The van der Waals surface area contributed by atoms with Crippen LogP contribution in [0.2, 0.25) is 0 Å². The number of nitrogens with zero attached hydrogens (tertiary/aromatic N) is 6. The molecule has 1 aliphatic heterocycles. The lowest BCUT2D eigenvalue weighted by Gasteiger charge is -2.34. The van der Waals surface area contributed by atoms with Gasteiger partial charge in [-0.1, -0.05) is 26.0 Å². The minimum Gasteiger partial charge on any atom is -0.468 e. The zero-order valence-corrected chi connectivity index (χ0v) is 26.7. The van der Waals surface area contributed by atoms with Crippen LogP contribution >= 0.6 is 0 Å². The van der Waals surface area contributed by atoms with E-state index in [0.29, 0.717) is 62.3 Å². The maximum Gasteiger partial charge on any atom is 0.413 e. The molecular formula is C32H42N8O6. The fraction of sp³-hybridized carbons (Fsp3) is 0.406. The van der Waals surface area contributed by atoms with Crippen molar-refractivity contribution in [2.75, 3.05) is 46.0 Å². The number of rotatable bonds is 10. The SMILES string of the molecule is CCOC(=O)NC(N)=Nc1ccc(-c2ccc(CN3CCN(C(=O)OCC(C)C)CC3)nc2)cc1-c1ncccn1.CCOC=O. The van der Waals surface area contributed by atoms with Crippen LogP contribution in [0.3, 0.4) is 0 Å². The maximum atomic E-state index is 12.2. The maximum absolute atomic E-state index is 12.2. The van der Waals surface area contributed by atoms with Gasteiger partial charge < -0.3 is 24.8 Å². The Bertz CT molecular complexity index is 1430. The number of amides is 2. The first-order valence-corrected chi connectivity index (χ1v) is 15.1. The standard InChI is InChI=1S/C29H36N8O4.C3H6O2/c1-4-40-28(38)35-27(30)34-25-9-7-21(16-24(25)26-31-10-5-11-32-26)22-6-8-23(33-17-22)18-36-12-14-37(15-13-36)29(39)41-19-20(2)3;1-2-5-3-4/h5-11,16-17,20H,4,12-15,18-19H2,1-3H3,(H3,30,34,35,38);3H,2H2,1H3. The van der Waals surface area contributed by atoms with Crippen LogP contribution in [0.1, 0.15) is 33.4 Å². The third kappa shape index (κ3) is 11.4. The number of benzene rings is 1. The number of hydrogen-bond acceptors (Lipinski definition) is 11. The van der Waals surface area contributed by atoms with Gasteiger partial charge in [-0.3, -0.25) is 20.0 Å². The van der Waals surface area contributed by atoms with Crippen LogP contribution in [0.15, 0.2) is 60.0 Å². The van der Waals surface area contributed by atoms with Crippen LogP contribution in [-0.2, 0) is 25.5 Å². The second kappa shape index (κ2) is 18.6. The van der Waals surface area contributed by atoms with E-state index in [9.17, 15) is 14.4 Å². The molecule has 0 unspecified atom stereocenters. The van der Waals surface area contributed by atoms with Crippen LogP contribution in [0.4, 0.5) is 15.3 Å². The number of carbonyl (C=O) groups is 3. The molecule has 1 aliphatic rings. The van der Waals surface area contributed by atoms with Gasteiger partial charge in [0.05, 0.1) is 31.2 Å². The number of piperazine rings is 1. The quantitative estimate of drug-likeness (QED) is 0.143. The highest BCUT2D eigenvalue weighted by Gasteiger charge is 2.22. The van der Waals surface area contributed by atoms with Gasteiger partial charge in [0.25, 0.3) is 6.47 Å².